The first kappa shape index (κ1) is 18.0. The highest BCUT2D eigenvalue weighted by molar-refractivity contribution is 5.94. The zero-order chi connectivity index (χ0) is 16.5. The minimum absolute atomic E-state index is 0. The van der Waals surface area contributed by atoms with Crippen molar-refractivity contribution in [1.29, 1.82) is 0 Å². The lowest BCUT2D eigenvalue weighted by atomic mass is 10.1. The number of halogens is 1. The van der Waals surface area contributed by atoms with E-state index < -0.39 is 0 Å². The van der Waals surface area contributed by atoms with Crippen LogP contribution >= 0.6 is 12.4 Å². The molecule has 2 heterocycles. The number of aromatic nitrogens is 2. The molecule has 25 heavy (non-hydrogen) atoms. The number of carbonyl (C=O) groups is 1. The molecule has 0 radical (unpaired) electrons. The molecule has 4 rings (SSSR count). The predicted octanol–water partition coefficient (Wildman–Crippen LogP) is 2.60. The third-order valence-corrected chi connectivity index (χ3v) is 5.05. The summed E-state index contributed by atoms with van der Waals surface area (Å²) in [6, 6.07) is 8.14. The molecule has 1 aromatic heterocycles. The molecule has 1 aliphatic heterocycles. The van der Waals surface area contributed by atoms with Crippen molar-refractivity contribution in [3.05, 3.63) is 52.3 Å². The van der Waals surface area contributed by atoms with Crippen LogP contribution in [-0.4, -0.2) is 22.2 Å². The van der Waals surface area contributed by atoms with Gasteiger partial charge in [-0.25, -0.2) is 0 Å². The summed E-state index contributed by atoms with van der Waals surface area (Å²) in [5, 5.41) is 11.1. The summed E-state index contributed by atoms with van der Waals surface area (Å²) in [4.78, 5) is 12.7. The Labute approximate surface area is 154 Å². The second-order valence-corrected chi connectivity index (χ2v) is 6.94. The molecule has 0 atom stereocenters. The lowest BCUT2D eigenvalue weighted by molar-refractivity contribution is 0.0944. The van der Waals surface area contributed by atoms with Gasteiger partial charge in [0.1, 0.15) is 0 Å². The molecule has 2 aliphatic rings. The van der Waals surface area contributed by atoms with Crippen LogP contribution < -0.4 is 10.6 Å². The van der Waals surface area contributed by atoms with Crippen LogP contribution in [0.25, 0.3) is 0 Å². The molecule has 1 fully saturated rings. The maximum absolute atomic E-state index is 12.7. The van der Waals surface area contributed by atoms with E-state index in [0.717, 1.165) is 43.1 Å². The largest absolute Gasteiger partial charge is 0.347 e. The fourth-order valence-electron chi connectivity index (χ4n) is 3.37. The molecule has 1 amide bonds. The normalized spacial score (nSPS) is 16.0. The number of nitrogens with zero attached hydrogens (tertiary/aromatic N) is 2. The van der Waals surface area contributed by atoms with Crippen molar-refractivity contribution in [3.8, 4) is 0 Å². The number of nitrogens with one attached hydrogen (secondary N) is 2. The summed E-state index contributed by atoms with van der Waals surface area (Å²) < 4.78 is 2.09. The van der Waals surface area contributed by atoms with Crippen molar-refractivity contribution < 1.29 is 4.79 Å². The van der Waals surface area contributed by atoms with Gasteiger partial charge in [0.2, 0.25) is 0 Å². The Morgan fingerprint density at radius 2 is 2.16 bits per heavy atom. The summed E-state index contributed by atoms with van der Waals surface area (Å²) in [5.41, 5.74) is 5.29. The lowest BCUT2D eigenvalue weighted by Crippen LogP contribution is -2.28. The van der Waals surface area contributed by atoms with Crippen molar-refractivity contribution in [3.63, 3.8) is 0 Å². The average molecular weight is 361 g/mol. The van der Waals surface area contributed by atoms with Crippen molar-refractivity contribution in [2.45, 2.75) is 45.8 Å². The molecular formula is C19H25ClN4O. The van der Waals surface area contributed by atoms with Crippen LogP contribution in [0.1, 0.15) is 45.7 Å². The SMILES string of the molecule is Cc1ccccc1CNC(=O)c1nn(CC2CC2)c2c1CNCC2.Cl. The Bertz CT molecular complexity index is 767. The van der Waals surface area contributed by atoms with Gasteiger partial charge >= 0.3 is 0 Å². The van der Waals surface area contributed by atoms with E-state index in [1.807, 2.05) is 12.1 Å². The molecule has 0 spiro atoms. The van der Waals surface area contributed by atoms with Gasteiger partial charge in [-0.15, -0.1) is 12.4 Å². The van der Waals surface area contributed by atoms with E-state index >= 15 is 0 Å². The van der Waals surface area contributed by atoms with E-state index in [4.69, 9.17) is 0 Å². The number of benzene rings is 1. The second-order valence-electron chi connectivity index (χ2n) is 6.94. The summed E-state index contributed by atoms with van der Waals surface area (Å²) in [6.07, 6.45) is 3.55. The van der Waals surface area contributed by atoms with E-state index in [-0.39, 0.29) is 18.3 Å². The molecule has 1 saturated carbocycles. The molecule has 2 N–H and O–H groups in total. The third kappa shape index (κ3) is 3.88. The van der Waals surface area contributed by atoms with Gasteiger partial charge in [0, 0.05) is 43.9 Å². The summed E-state index contributed by atoms with van der Waals surface area (Å²) in [7, 11) is 0. The van der Waals surface area contributed by atoms with Crippen molar-refractivity contribution in [2.24, 2.45) is 5.92 Å². The molecule has 1 aromatic carbocycles. The number of aryl methyl sites for hydroxylation is 1. The number of hydrogen-bond donors (Lipinski definition) is 2. The number of fused-ring (bicyclic) bond motifs is 1. The standard InChI is InChI=1S/C19H24N4O.ClH/c1-13-4-2-3-5-15(13)10-21-19(24)18-16-11-20-9-8-17(16)23(22-18)12-14-6-7-14;/h2-5,14,20H,6-12H2,1H3,(H,21,24);1H. The van der Waals surface area contributed by atoms with Crippen LogP contribution in [0.2, 0.25) is 0 Å². The van der Waals surface area contributed by atoms with E-state index in [0.29, 0.717) is 12.2 Å². The minimum atomic E-state index is -0.0623. The predicted molar refractivity (Wildman–Crippen MR) is 100.0 cm³/mol. The first-order valence-electron chi connectivity index (χ1n) is 8.84. The highest BCUT2D eigenvalue weighted by Crippen LogP contribution is 2.32. The molecule has 134 valence electrons. The monoisotopic (exact) mass is 360 g/mol. The summed E-state index contributed by atoms with van der Waals surface area (Å²) in [5.74, 6) is 0.694. The quantitative estimate of drug-likeness (QED) is 0.861. The van der Waals surface area contributed by atoms with Gasteiger partial charge in [-0.2, -0.15) is 5.10 Å². The van der Waals surface area contributed by atoms with E-state index in [2.05, 4.69) is 39.5 Å². The Hall–Kier alpha value is -1.85. The van der Waals surface area contributed by atoms with Gasteiger partial charge in [-0.05, 0) is 36.8 Å². The average Bonchev–Trinajstić information content (AvgIpc) is 3.34. The lowest BCUT2D eigenvalue weighted by Gasteiger charge is -2.15. The molecule has 5 nitrogen and oxygen atoms in total. The van der Waals surface area contributed by atoms with Gasteiger partial charge in [0.25, 0.3) is 5.91 Å². The Morgan fingerprint density at radius 3 is 2.92 bits per heavy atom. The molecule has 0 saturated heterocycles. The van der Waals surface area contributed by atoms with Crippen LogP contribution in [-0.2, 0) is 26.1 Å². The van der Waals surface area contributed by atoms with Crippen LogP contribution in [0.4, 0.5) is 0 Å². The van der Waals surface area contributed by atoms with Gasteiger partial charge < -0.3 is 10.6 Å². The summed E-state index contributed by atoms with van der Waals surface area (Å²) in [6.45, 7) is 5.29. The maximum Gasteiger partial charge on any atom is 0.272 e. The van der Waals surface area contributed by atoms with Crippen molar-refractivity contribution in [1.82, 2.24) is 20.4 Å². The topological polar surface area (TPSA) is 59.0 Å². The second kappa shape index (κ2) is 7.58. The number of rotatable bonds is 5. The fourth-order valence-corrected chi connectivity index (χ4v) is 3.37. The van der Waals surface area contributed by atoms with E-state index in [9.17, 15) is 4.79 Å². The van der Waals surface area contributed by atoms with Crippen molar-refractivity contribution in [2.75, 3.05) is 6.54 Å². The fraction of sp³-hybridized carbons (Fsp3) is 0.474. The van der Waals surface area contributed by atoms with E-state index in [1.54, 1.807) is 0 Å². The highest BCUT2D eigenvalue weighted by atomic mass is 35.5. The zero-order valence-corrected chi connectivity index (χ0v) is 15.4. The molecule has 6 heteroatoms. The first-order valence-corrected chi connectivity index (χ1v) is 8.84. The number of amides is 1. The molecule has 0 unspecified atom stereocenters. The highest BCUT2D eigenvalue weighted by Gasteiger charge is 2.28. The summed E-state index contributed by atoms with van der Waals surface area (Å²) >= 11 is 0. The van der Waals surface area contributed by atoms with Gasteiger partial charge in [-0.3, -0.25) is 9.48 Å². The molecule has 2 aromatic rings. The Kier molecular flexibility index (Phi) is 5.45. The van der Waals surface area contributed by atoms with Crippen LogP contribution in [0, 0.1) is 12.8 Å². The maximum atomic E-state index is 12.7. The van der Waals surface area contributed by atoms with Crippen LogP contribution in [0.3, 0.4) is 0 Å². The molecule has 0 bridgehead atoms. The van der Waals surface area contributed by atoms with Gasteiger partial charge in [0.15, 0.2) is 5.69 Å². The number of hydrogen-bond acceptors (Lipinski definition) is 3. The smallest absolute Gasteiger partial charge is 0.272 e. The molecular weight excluding hydrogens is 336 g/mol. The molecule has 1 aliphatic carbocycles. The van der Waals surface area contributed by atoms with E-state index in [1.165, 1.54) is 24.1 Å². The Morgan fingerprint density at radius 1 is 1.36 bits per heavy atom. The van der Waals surface area contributed by atoms with Gasteiger partial charge in [0.05, 0.1) is 0 Å². The van der Waals surface area contributed by atoms with Crippen LogP contribution in [0.5, 0.6) is 0 Å². The first-order chi connectivity index (χ1) is 11.7. The van der Waals surface area contributed by atoms with Crippen LogP contribution in [0.15, 0.2) is 24.3 Å². The Balaban J connectivity index is 0.00000182. The number of carbonyl (C=O) groups excluding carboxylic acids is 1. The van der Waals surface area contributed by atoms with Crippen molar-refractivity contribution >= 4 is 18.3 Å². The zero-order valence-electron chi connectivity index (χ0n) is 14.5. The van der Waals surface area contributed by atoms with Gasteiger partial charge in [-0.1, -0.05) is 24.3 Å². The minimum Gasteiger partial charge on any atom is -0.347 e. The third-order valence-electron chi connectivity index (χ3n) is 5.05.